The van der Waals surface area contributed by atoms with Gasteiger partial charge >= 0.3 is 0 Å². The molecule has 1 N–H and O–H groups in total. The van der Waals surface area contributed by atoms with Crippen LogP contribution in [-0.2, 0) is 11.3 Å². The smallest absolute Gasteiger partial charge is 0.278 e. The van der Waals surface area contributed by atoms with Gasteiger partial charge in [0.05, 0.1) is 18.6 Å². The average Bonchev–Trinajstić information content (AvgIpc) is 3.28. The number of methoxy groups -OCH3 is 1. The molecule has 2 aromatic carbocycles. The molecule has 4 rings (SSSR count). The Morgan fingerprint density at radius 3 is 2.48 bits per heavy atom. The van der Waals surface area contributed by atoms with E-state index in [-0.39, 0.29) is 17.2 Å². The van der Waals surface area contributed by atoms with Gasteiger partial charge in [-0.25, -0.2) is 4.98 Å². The number of amides is 1. The zero-order valence-electron chi connectivity index (χ0n) is 23.3. The van der Waals surface area contributed by atoms with Crippen molar-refractivity contribution in [1.29, 1.82) is 0 Å². The number of para-hydroxylation sites is 2. The number of aromatic nitrogens is 3. The van der Waals surface area contributed by atoms with Crippen LogP contribution in [0, 0.1) is 3.95 Å². The molecule has 0 aliphatic rings. The normalized spacial score (nSPS) is 11.2. The summed E-state index contributed by atoms with van der Waals surface area (Å²) in [6.45, 7) is 7.51. The first-order valence-corrected chi connectivity index (χ1v) is 15.2. The molecule has 0 radical (unpaired) electrons. The highest BCUT2D eigenvalue weighted by Gasteiger charge is 2.21. The molecule has 1 amide bonds. The molecule has 0 atom stereocenters. The molecule has 2 heterocycles. The lowest BCUT2D eigenvalue weighted by Crippen LogP contribution is -2.27. The Balaban J connectivity index is 1.71. The zero-order chi connectivity index (χ0) is 28.8. The van der Waals surface area contributed by atoms with Crippen LogP contribution in [-0.4, -0.2) is 71.5 Å². The maximum absolute atomic E-state index is 13.9. The van der Waals surface area contributed by atoms with E-state index in [1.54, 1.807) is 19.2 Å². The topological polar surface area (TPSA) is 84.6 Å². The number of ether oxygens (including phenoxy) is 1. The number of anilines is 2. The van der Waals surface area contributed by atoms with Crippen LogP contribution in [0.15, 0.2) is 58.5 Å². The van der Waals surface area contributed by atoms with Crippen molar-refractivity contribution in [3.8, 4) is 11.4 Å². The van der Waals surface area contributed by atoms with Crippen molar-refractivity contribution >= 4 is 62.9 Å². The summed E-state index contributed by atoms with van der Waals surface area (Å²) in [4.78, 5) is 36.1. The van der Waals surface area contributed by atoms with Gasteiger partial charge in [0.25, 0.3) is 5.56 Å². The maximum atomic E-state index is 13.9. The van der Waals surface area contributed by atoms with Crippen LogP contribution in [0.25, 0.3) is 16.0 Å². The summed E-state index contributed by atoms with van der Waals surface area (Å²) in [7, 11) is 5.49. The standard InChI is InChI=1S/C28H34N6O3S3/c1-6-32(7-2)16-17-33-25-24(40-28(33)38)26(36)34(21-10-8-9-11-22(21)37-5)27(30-25)39-18-23(35)29-19-12-14-20(15-13-19)31(3)4/h8-15H,6-7,16-18H2,1-5H3,(H,29,35). The molecule has 0 aliphatic carbocycles. The number of likely N-dealkylation sites (N-methyl/N-ethyl adjacent to an activating group) is 1. The summed E-state index contributed by atoms with van der Waals surface area (Å²) in [5.41, 5.74) is 2.59. The predicted octanol–water partition coefficient (Wildman–Crippen LogP) is 5.13. The fourth-order valence-electron chi connectivity index (χ4n) is 4.25. The van der Waals surface area contributed by atoms with E-state index in [4.69, 9.17) is 21.9 Å². The van der Waals surface area contributed by atoms with Crippen LogP contribution in [0.3, 0.4) is 0 Å². The van der Waals surface area contributed by atoms with E-state index in [9.17, 15) is 9.59 Å². The largest absolute Gasteiger partial charge is 0.495 e. The highest BCUT2D eigenvalue weighted by Crippen LogP contribution is 2.29. The first-order valence-electron chi connectivity index (χ1n) is 13.0. The quantitative estimate of drug-likeness (QED) is 0.137. The number of rotatable bonds is 12. The molecule has 0 unspecified atom stereocenters. The van der Waals surface area contributed by atoms with E-state index in [0.717, 1.165) is 25.3 Å². The Morgan fingerprint density at radius 2 is 1.82 bits per heavy atom. The van der Waals surface area contributed by atoms with Crippen molar-refractivity contribution in [3.63, 3.8) is 0 Å². The Labute approximate surface area is 247 Å². The lowest BCUT2D eigenvalue weighted by molar-refractivity contribution is -0.113. The van der Waals surface area contributed by atoms with Gasteiger partial charge in [0, 0.05) is 38.6 Å². The molecule has 0 spiro atoms. The van der Waals surface area contributed by atoms with Gasteiger partial charge in [-0.3, -0.25) is 14.2 Å². The number of thiazole rings is 1. The van der Waals surface area contributed by atoms with Gasteiger partial charge in [-0.15, -0.1) is 0 Å². The minimum absolute atomic E-state index is 0.0623. The van der Waals surface area contributed by atoms with Crippen LogP contribution < -0.4 is 20.5 Å². The van der Waals surface area contributed by atoms with Crippen LogP contribution in [0.4, 0.5) is 11.4 Å². The van der Waals surface area contributed by atoms with Crippen molar-refractivity contribution in [2.75, 3.05) is 56.8 Å². The van der Waals surface area contributed by atoms with Gasteiger partial charge in [-0.05, 0) is 61.7 Å². The van der Waals surface area contributed by atoms with Crippen molar-refractivity contribution in [2.24, 2.45) is 0 Å². The number of fused-ring (bicyclic) bond motifs is 1. The second kappa shape index (κ2) is 13.4. The van der Waals surface area contributed by atoms with E-state index in [1.807, 2.05) is 60.0 Å². The van der Waals surface area contributed by atoms with Crippen molar-refractivity contribution in [1.82, 2.24) is 19.0 Å². The number of nitrogens with one attached hydrogen (secondary N) is 1. The Morgan fingerprint density at radius 1 is 1.12 bits per heavy atom. The van der Waals surface area contributed by atoms with Crippen LogP contribution in [0.2, 0.25) is 0 Å². The first kappa shape index (κ1) is 29.8. The van der Waals surface area contributed by atoms with Gasteiger partial charge in [-0.1, -0.05) is 49.1 Å². The highest BCUT2D eigenvalue weighted by atomic mass is 32.2. The SMILES string of the molecule is CCN(CC)CCn1c(=S)sc2c(=O)n(-c3ccccc3OC)c(SCC(=O)Nc3ccc(N(C)C)cc3)nc21. The predicted molar refractivity (Wildman–Crippen MR) is 169 cm³/mol. The number of nitrogens with zero attached hydrogens (tertiary/aromatic N) is 5. The number of carbonyl (C=O) groups is 1. The van der Waals surface area contributed by atoms with Gasteiger partial charge in [0.2, 0.25) is 5.91 Å². The molecule has 9 nitrogen and oxygen atoms in total. The van der Waals surface area contributed by atoms with Crippen LogP contribution in [0.5, 0.6) is 5.75 Å². The maximum Gasteiger partial charge on any atom is 0.278 e. The van der Waals surface area contributed by atoms with Gasteiger partial charge in [0.1, 0.15) is 10.4 Å². The number of carbonyl (C=O) groups excluding carboxylic acids is 1. The molecule has 0 fully saturated rings. The second-order valence-corrected chi connectivity index (χ2v) is 11.8. The third-order valence-corrected chi connectivity index (χ3v) is 8.88. The Bertz CT molecular complexity index is 1590. The summed E-state index contributed by atoms with van der Waals surface area (Å²) in [5.74, 6) is 0.391. The molecule has 0 saturated carbocycles. The summed E-state index contributed by atoms with van der Waals surface area (Å²) in [6.07, 6.45) is 0. The van der Waals surface area contributed by atoms with E-state index in [0.29, 0.717) is 43.1 Å². The van der Waals surface area contributed by atoms with Gasteiger partial charge in [0.15, 0.2) is 14.8 Å². The van der Waals surface area contributed by atoms with Gasteiger partial charge < -0.3 is 24.4 Å². The van der Waals surface area contributed by atoms with Crippen molar-refractivity contribution in [3.05, 3.63) is 62.8 Å². The van der Waals surface area contributed by atoms with E-state index >= 15 is 0 Å². The molecular weight excluding hydrogens is 565 g/mol. The molecule has 0 bridgehead atoms. The summed E-state index contributed by atoms with van der Waals surface area (Å²) in [5, 5.41) is 3.32. The van der Waals surface area contributed by atoms with E-state index < -0.39 is 0 Å². The fraction of sp³-hybridized carbons (Fsp3) is 0.357. The molecule has 4 aromatic rings. The lowest BCUT2D eigenvalue weighted by Gasteiger charge is -2.18. The molecule has 212 valence electrons. The van der Waals surface area contributed by atoms with Gasteiger partial charge in [-0.2, -0.15) is 0 Å². The minimum atomic E-state index is -0.241. The monoisotopic (exact) mass is 598 g/mol. The number of hydrogen-bond acceptors (Lipinski definition) is 9. The summed E-state index contributed by atoms with van der Waals surface area (Å²) >= 11 is 8.13. The number of hydrogen-bond donors (Lipinski definition) is 1. The first-order chi connectivity index (χ1) is 19.3. The molecule has 2 aromatic heterocycles. The Hall–Kier alpha value is -3.19. The van der Waals surface area contributed by atoms with E-state index in [2.05, 4.69) is 24.1 Å². The molecule has 40 heavy (non-hydrogen) atoms. The molecule has 12 heteroatoms. The molecule has 0 saturated heterocycles. The lowest BCUT2D eigenvalue weighted by atomic mass is 10.2. The molecule has 0 aliphatic heterocycles. The van der Waals surface area contributed by atoms with Crippen molar-refractivity contribution < 1.29 is 9.53 Å². The molecular formula is C28H34N6O3S3. The summed E-state index contributed by atoms with van der Waals surface area (Å²) < 4.78 is 10.1. The Kier molecular flexibility index (Phi) is 10.0. The summed E-state index contributed by atoms with van der Waals surface area (Å²) in [6, 6.07) is 14.9. The third kappa shape index (κ3) is 6.57. The third-order valence-electron chi connectivity index (χ3n) is 6.52. The zero-order valence-corrected chi connectivity index (χ0v) is 25.8. The minimum Gasteiger partial charge on any atom is -0.495 e. The number of thioether (sulfide) groups is 1. The average molecular weight is 599 g/mol. The number of benzene rings is 2. The fourth-order valence-corrected chi connectivity index (χ4v) is 6.36. The van der Waals surface area contributed by atoms with E-state index in [1.165, 1.54) is 27.7 Å². The van der Waals surface area contributed by atoms with Crippen LogP contribution >= 0.6 is 35.3 Å². The van der Waals surface area contributed by atoms with Crippen molar-refractivity contribution in [2.45, 2.75) is 25.5 Å². The second-order valence-electron chi connectivity index (χ2n) is 9.18. The van der Waals surface area contributed by atoms with Crippen LogP contribution in [0.1, 0.15) is 13.8 Å². The highest BCUT2D eigenvalue weighted by molar-refractivity contribution is 7.99.